The Kier molecular flexibility index (Phi) is 6.03. The normalized spacial score (nSPS) is 16.3. The summed E-state index contributed by atoms with van der Waals surface area (Å²) in [6.45, 7) is 8.82. The maximum absolute atomic E-state index is 12.7. The number of carbonyl (C=O) groups excluding carboxylic acids is 1. The van der Waals surface area contributed by atoms with Gasteiger partial charge in [0, 0.05) is 24.5 Å². The van der Waals surface area contributed by atoms with Gasteiger partial charge in [-0.25, -0.2) is 9.97 Å². The summed E-state index contributed by atoms with van der Waals surface area (Å²) in [6, 6.07) is -0.00178. The number of fused-ring (bicyclic) bond motifs is 1. The molecule has 3 rings (SSSR count). The van der Waals surface area contributed by atoms with Crippen molar-refractivity contribution >= 4 is 17.1 Å². The molecule has 1 aliphatic rings. The van der Waals surface area contributed by atoms with E-state index in [2.05, 4.69) is 32.8 Å². The van der Waals surface area contributed by atoms with Gasteiger partial charge >= 0.3 is 0 Å². The Hall–Kier alpha value is -2.41. The fourth-order valence-corrected chi connectivity index (χ4v) is 3.77. The Morgan fingerprint density at radius 2 is 2.04 bits per heavy atom. The van der Waals surface area contributed by atoms with E-state index in [1.165, 1.54) is 24.1 Å². The van der Waals surface area contributed by atoms with E-state index >= 15 is 0 Å². The molecule has 0 fully saturated rings. The van der Waals surface area contributed by atoms with Crippen molar-refractivity contribution in [2.75, 3.05) is 13.6 Å². The molecule has 0 saturated heterocycles. The van der Waals surface area contributed by atoms with E-state index in [1.54, 1.807) is 6.20 Å². The molecule has 2 heterocycles. The second kappa shape index (κ2) is 8.31. The zero-order valence-electron chi connectivity index (χ0n) is 17.6. The maximum atomic E-state index is 12.7. The van der Waals surface area contributed by atoms with Gasteiger partial charge in [-0.2, -0.15) is 0 Å². The summed E-state index contributed by atoms with van der Waals surface area (Å²) in [5.41, 5.74) is 4.95. The van der Waals surface area contributed by atoms with Gasteiger partial charge in [-0.15, -0.1) is 0 Å². The lowest BCUT2D eigenvalue weighted by Gasteiger charge is -2.27. The fraction of sp³-hybridized carbons (Fsp3) is 0.571. The van der Waals surface area contributed by atoms with Crippen LogP contribution in [0.2, 0.25) is 0 Å². The average Bonchev–Trinajstić information content (AvgIpc) is 3.08. The van der Waals surface area contributed by atoms with Crippen LogP contribution >= 0.6 is 0 Å². The monoisotopic (exact) mass is 384 g/mol. The highest BCUT2D eigenvalue weighted by Crippen LogP contribution is 2.33. The summed E-state index contributed by atoms with van der Waals surface area (Å²) >= 11 is 0. The summed E-state index contributed by atoms with van der Waals surface area (Å²) in [4.78, 5) is 25.2. The third-order valence-corrected chi connectivity index (χ3v) is 5.00. The summed E-state index contributed by atoms with van der Waals surface area (Å²) < 4.78 is 0. The highest BCUT2D eigenvalue weighted by Gasteiger charge is 2.25. The second-order valence-electron chi connectivity index (χ2n) is 8.35. The lowest BCUT2D eigenvalue weighted by molar-refractivity contribution is 0.0921. The number of hydrogen-bond donors (Lipinski definition) is 4. The van der Waals surface area contributed by atoms with Gasteiger partial charge in [0.1, 0.15) is 5.52 Å². The van der Waals surface area contributed by atoms with Crippen molar-refractivity contribution in [1.82, 2.24) is 30.9 Å². The topological polar surface area (TPSA) is 94.7 Å². The van der Waals surface area contributed by atoms with E-state index < -0.39 is 0 Å². The number of rotatable bonds is 6. The molecule has 1 atom stereocenters. The zero-order chi connectivity index (χ0) is 20.3. The van der Waals surface area contributed by atoms with E-state index in [0.29, 0.717) is 16.7 Å². The Morgan fingerprint density at radius 3 is 2.71 bits per heavy atom. The van der Waals surface area contributed by atoms with Crippen LogP contribution in [0.4, 0.5) is 0 Å². The third-order valence-electron chi connectivity index (χ3n) is 5.00. The molecule has 2 aromatic heterocycles. The predicted molar refractivity (Wildman–Crippen MR) is 112 cm³/mol. The van der Waals surface area contributed by atoms with E-state index in [-0.39, 0.29) is 17.5 Å². The number of hydrogen-bond acceptors (Lipinski definition) is 5. The fourth-order valence-electron chi connectivity index (χ4n) is 3.77. The first-order valence-electron chi connectivity index (χ1n) is 10.1. The van der Waals surface area contributed by atoms with Gasteiger partial charge in [-0.05, 0) is 58.6 Å². The molecule has 0 bridgehead atoms. The Balaban J connectivity index is 2.02. The predicted octanol–water partition coefficient (Wildman–Crippen LogP) is 3.18. The first-order valence-corrected chi connectivity index (χ1v) is 10.1. The standard InChI is InChI=1S/C21H32N6O/c1-6-23-17(13-9-7-8-10-15(13)22-5)16-12-25-19-18(26-16)14(11-24-19)20(28)27-21(2,3)4/h11-12,17,22-23H,6-10H2,1-5H3,(H,24,25)(H,27,28). The van der Waals surface area contributed by atoms with Crippen molar-refractivity contribution in [2.24, 2.45) is 0 Å². The molecule has 2 aromatic rings. The van der Waals surface area contributed by atoms with E-state index in [0.717, 1.165) is 25.1 Å². The average molecular weight is 385 g/mol. The molecule has 1 unspecified atom stereocenters. The summed E-state index contributed by atoms with van der Waals surface area (Å²) in [5.74, 6) is -0.141. The lowest BCUT2D eigenvalue weighted by Crippen LogP contribution is -2.40. The van der Waals surface area contributed by atoms with Crippen LogP contribution in [-0.4, -0.2) is 40.0 Å². The van der Waals surface area contributed by atoms with Gasteiger partial charge in [0.05, 0.1) is 23.5 Å². The smallest absolute Gasteiger partial charge is 0.255 e. The van der Waals surface area contributed by atoms with Crippen molar-refractivity contribution in [3.63, 3.8) is 0 Å². The number of aromatic nitrogens is 3. The SMILES string of the molecule is CCNC(C1=C(NC)CCCC1)c1cnc2[nH]cc(C(=O)NC(C)(C)C)c2n1. The number of nitrogens with zero attached hydrogens (tertiary/aromatic N) is 2. The molecule has 0 radical (unpaired) electrons. The molecular formula is C21H32N6O. The third kappa shape index (κ3) is 4.35. The van der Waals surface area contributed by atoms with E-state index in [4.69, 9.17) is 4.98 Å². The number of nitrogens with one attached hydrogen (secondary N) is 4. The Morgan fingerprint density at radius 1 is 1.29 bits per heavy atom. The van der Waals surface area contributed by atoms with Crippen LogP contribution in [0.15, 0.2) is 23.7 Å². The molecular weight excluding hydrogens is 352 g/mol. The largest absolute Gasteiger partial charge is 0.391 e. The number of amides is 1. The highest BCUT2D eigenvalue weighted by atomic mass is 16.1. The van der Waals surface area contributed by atoms with Gasteiger partial charge in [-0.1, -0.05) is 6.92 Å². The Bertz CT molecular complexity index is 877. The number of H-pyrrole nitrogens is 1. The molecule has 0 saturated carbocycles. The highest BCUT2D eigenvalue weighted by molar-refractivity contribution is 6.04. The summed E-state index contributed by atoms with van der Waals surface area (Å²) in [7, 11) is 1.99. The number of likely N-dealkylation sites (N-methyl/N-ethyl adjacent to an activating group) is 1. The Labute approximate surface area is 166 Å². The second-order valence-corrected chi connectivity index (χ2v) is 8.35. The molecule has 0 aliphatic heterocycles. The van der Waals surface area contributed by atoms with E-state index in [9.17, 15) is 4.79 Å². The van der Waals surface area contributed by atoms with Crippen LogP contribution < -0.4 is 16.0 Å². The van der Waals surface area contributed by atoms with Gasteiger partial charge in [0.25, 0.3) is 5.91 Å². The van der Waals surface area contributed by atoms with Crippen LogP contribution in [0.3, 0.4) is 0 Å². The number of aromatic amines is 1. The van der Waals surface area contributed by atoms with Crippen LogP contribution in [0.1, 0.15) is 75.5 Å². The number of carbonyl (C=O) groups is 1. The lowest BCUT2D eigenvalue weighted by atomic mass is 9.89. The molecule has 152 valence electrons. The molecule has 1 amide bonds. The van der Waals surface area contributed by atoms with Crippen molar-refractivity contribution in [1.29, 1.82) is 0 Å². The minimum absolute atomic E-state index is 0.00178. The first-order chi connectivity index (χ1) is 13.3. The molecule has 4 N–H and O–H groups in total. The van der Waals surface area contributed by atoms with Crippen LogP contribution in [0.25, 0.3) is 11.2 Å². The minimum atomic E-state index is -0.313. The van der Waals surface area contributed by atoms with Gasteiger partial charge < -0.3 is 20.9 Å². The molecule has 28 heavy (non-hydrogen) atoms. The van der Waals surface area contributed by atoms with Crippen LogP contribution in [0, 0.1) is 0 Å². The summed E-state index contributed by atoms with van der Waals surface area (Å²) in [5, 5.41) is 9.94. The van der Waals surface area contributed by atoms with Crippen molar-refractivity contribution < 1.29 is 4.79 Å². The van der Waals surface area contributed by atoms with Crippen LogP contribution in [0.5, 0.6) is 0 Å². The molecule has 7 heteroatoms. The van der Waals surface area contributed by atoms with Crippen molar-refractivity contribution in [3.05, 3.63) is 34.9 Å². The van der Waals surface area contributed by atoms with Crippen LogP contribution in [-0.2, 0) is 0 Å². The molecule has 0 aromatic carbocycles. The summed E-state index contributed by atoms with van der Waals surface area (Å²) in [6.07, 6.45) is 7.99. The van der Waals surface area contributed by atoms with Gasteiger partial charge in [0.2, 0.25) is 0 Å². The van der Waals surface area contributed by atoms with Crippen molar-refractivity contribution in [3.8, 4) is 0 Å². The maximum Gasteiger partial charge on any atom is 0.255 e. The first kappa shape index (κ1) is 20.3. The molecule has 1 aliphatic carbocycles. The molecule has 0 spiro atoms. The zero-order valence-corrected chi connectivity index (χ0v) is 17.6. The van der Waals surface area contributed by atoms with E-state index in [1.807, 2.05) is 34.0 Å². The molecule has 7 nitrogen and oxygen atoms in total. The van der Waals surface area contributed by atoms with Crippen molar-refractivity contribution in [2.45, 2.75) is 65.0 Å². The quantitative estimate of drug-likeness (QED) is 0.614. The minimum Gasteiger partial charge on any atom is -0.391 e. The number of allylic oxidation sites excluding steroid dienone is 1. The van der Waals surface area contributed by atoms with Gasteiger partial charge in [-0.3, -0.25) is 4.79 Å². The van der Waals surface area contributed by atoms with Gasteiger partial charge in [0.15, 0.2) is 5.65 Å².